The van der Waals surface area contributed by atoms with E-state index in [1.807, 2.05) is 0 Å². The van der Waals surface area contributed by atoms with Gasteiger partial charge in [-0.1, -0.05) is 22.0 Å². The Bertz CT molecular complexity index is 272. The molecule has 0 saturated carbocycles. The molecule has 0 aliphatic rings. The molecule has 0 atom stereocenters. The Kier molecular flexibility index (Phi) is 2.62. The Morgan fingerprint density at radius 1 is 1.55 bits per heavy atom. The van der Waals surface area contributed by atoms with E-state index >= 15 is 0 Å². The van der Waals surface area contributed by atoms with Crippen LogP contribution in [0.2, 0.25) is 0 Å². The summed E-state index contributed by atoms with van der Waals surface area (Å²) in [5.41, 5.74) is 0.307. The van der Waals surface area contributed by atoms with Gasteiger partial charge in [0.15, 0.2) is 0 Å². The summed E-state index contributed by atoms with van der Waals surface area (Å²) in [4.78, 5) is 14.2. The van der Waals surface area contributed by atoms with Crippen LogP contribution in [0.25, 0.3) is 0 Å². The van der Waals surface area contributed by atoms with Crippen LogP contribution in [0.5, 0.6) is 0 Å². The van der Waals surface area contributed by atoms with E-state index in [-0.39, 0.29) is 0 Å². The molecule has 0 unspecified atom stereocenters. The number of halogens is 1. The summed E-state index contributed by atoms with van der Waals surface area (Å²) in [6.45, 7) is 0. The van der Waals surface area contributed by atoms with Crippen molar-refractivity contribution in [2.24, 2.45) is 0 Å². The number of carbonyl (C=O) groups is 1. The predicted octanol–water partition coefficient (Wildman–Crippen LogP) is 2.08. The van der Waals surface area contributed by atoms with Gasteiger partial charge in [-0.2, -0.15) is 5.26 Å². The molecule has 58 valence electrons. The van der Waals surface area contributed by atoms with Crippen LogP contribution in [0, 0.1) is 0 Å². The summed E-state index contributed by atoms with van der Waals surface area (Å²) in [6.07, 6.45) is 0. The second kappa shape index (κ2) is 3.50. The topological polar surface area (TPSA) is 46.5 Å². The van der Waals surface area contributed by atoms with E-state index in [1.54, 1.807) is 24.3 Å². The largest absolute Gasteiger partial charge is 0.372 e. The van der Waals surface area contributed by atoms with Crippen LogP contribution >= 0.6 is 15.9 Å². The van der Waals surface area contributed by atoms with Gasteiger partial charge in [-0.3, -0.25) is 4.89 Å². The van der Waals surface area contributed by atoms with Gasteiger partial charge in [-0.25, -0.2) is 4.79 Å². The third-order valence-corrected chi connectivity index (χ3v) is 1.64. The number of benzene rings is 1. The van der Waals surface area contributed by atoms with Gasteiger partial charge in [-0.05, 0) is 18.2 Å². The van der Waals surface area contributed by atoms with Crippen molar-refractivity contribution in [1.82, 2.24) is 0 Å². The van der Waals surface area contributed by atoms with Crippen molar-refractivity contribution in [2.45, 2.75) is 0 Å². The molecule has 0 radical (unpaired) electrons. The number of hydrogen-bond donors (Lipinski definition) is 1. The monoisotopic (exact) mass is 216 g/mol. The summed E-state index contributed by atoms with van der Waals surface area (Å²) >= 11 is 3.17. The summed E-state index contributed by atoms with van der Waals surface area (Å²) in [5.74, 6) is -0.758. The molecule has 0 heterocycles. The number of rotatable bonds is 1. The second-order valence-corrected chi connectivity index (χ2v) is 2.80. The van der Waals surface area contributed by atoms with Gasteiger partial charge in [-0.15, -0.1) is 0 Å². The van der Waals surface area contributed by atoms with Crippen molar-refractivity contribution in [1.29, 1.82) is 0 Å². The Balaban J connectivity index is 2.96. The highest BCUT2D eigenvalue weighted by Crippen LogP contribution is 2.11. The van der Waals surface area contributed by atoms with Crippen molar-refractivity contribution < 1.29 is 14.9 Å². The first-order valence-electron chi connectivity index (χ1n) is 2.85. The van der Waals surface area contributed by atoms with E-state index in [2.05, 4.69) is 20.8 Å². The zero-order valence-corrected chi connectivity index (χ0v) is 7.04. The standard InChI is InChI=1S/C7H5BrO3/c8-6-3-1-2-5(4-6)7(9)11-10/h1-4,10H. The predicted molar refractivity (Wildman–Crippen MR) is 42.2 cm³/mol. The second-order valence-electron chi connectivity index (χ2n) is 1.89. The molecule has 0 aliphatic heterocycles. The highest BCUT2D eigenvalue weighted by Gasteiger charge is 2.05. The molecule has 1 aromatic rings. The van der Waals surface area contributed by atoms with E-state index in [0.717, 1.165) is 4.47 Å². The molecule has 0 amide bonds. The van der Waals surface area contributed by atoms with Crippen LogP contribution in [-0.2, 0) is 4.89 Å². The molecule has 0 spiro atoms. The van der Waals surface area contributed by atoms with Crippen LogP contribution in [0.4, 0.5) is 0 Å². The molecule has 4 heteroatoms. The zero-order chi connectivity index (χ0) is 8.27. The van der Waals surface area contributed by atoms with E-state index in [4.69, 9.17) is 5.26 Å². The maximum absolute atomic E-state index is 10.7. The molecule has 1 aromatic carbocycles. The fourth-order valence-corrected chi connectivity index (χ4v) is 1.07. The zero-order valence-electron chi connectivity index (χ0n) is 5.45. The van der Waals surface area contributed by atoms with Gasteiger partial charge in [0.2, 0.25) is 0 Å². The molecule has 0 saturated heterocycles. The number of hydrogen-bond acceptors (Lipinski definition) is 3. The molecule has 3 nitrogen and oxygen atoms in total. The molecule has 0 aromatic heterocycles. The molecule has 1 N–H and O–H groups in total. The molecular formula is C7H5BrO3. The normalized spacial score (nSPS) is 9.27. The Hall–Kier alpha value is -0.870. The van der Waals surface area contributed by atoms with E-state index in [0.29, 0.717) is 5.56 Å². The first-order valence-corrected chi connectivity index (χ1v) is 3.64. The first-order chi connectivity index (χ1) is 5.24. The summed E-state index contributed by atoms with van der Waals surface area (Å²) in [7, 11) is 0. The van der Waals surface area contributed by atoms with Crippen LogP contribution < -0.4 is 0 Å². The third kappa shape index (κ3) is 2.03. The SMILES string of the molecule is O=C(OO)c1cccc(Br)c1. The van der Waals surface area contributed by atoms with Crippen LogP contribution in [0.15, 0.2) is 28.7 Å². The lowest BCUT2D eigenvalue weighted by Gasteiger charge is -1.95. The first kappa shape index (κ1) is 8.23. The van der Waals surface area contributed by atoms with Gasteiger partial charge in [0, 0.05) is 4.47 Å². The lowest BCUT2D eigenvalue weighted by Crippen LogP contribution is -2.00. The van der Waals surface area contributed by atoms with E-state index < -0.39 is 5.97 Å². The van der Waals surface area contributed by atoms with Gasteiger partial charge in [0.1, 0.15) is 0 Å². The molecule has 1 rings (SSSR count). The van der Waals surface area contributed by atoms with Crippen molar-refractivity contribution in [3.05, 3.63) is 34.3 Å². The minimum absolute atomic E-state index is 0.307. The fourth-order valence-electron chi connectivity index (χ4n) is 0.668. The van der Waals surface area contributed by atoms with E-state index in [9.17, 15) is 4.79 Å². The molecular weight excluding hydrogens is 212 g/mol. The highest BCUT2D eigenvalue weighted by molar-refractivity contribution is 9.10. The molecule has 0 aliphatic carbocycles. The van der Waals surface area contributed by atoms with Crippen molar-refractivity contribution >= 4 is 21.9 Å². The van der Waals surface area contributed by atoms with Crippen LogP contribution in [0.1, 0.15) is 10.4 Å². The van der Waals surface area contributed by atoms with Gasteiger partial charge in [0.05, 0.1) is 5.56 Å². The summed E-state index contributed by atoms with van der Waals surface area (Å²) < 4.78 is 0.764. The lowest BCUT2D eigenvalue weighted by atomic mass is 10.2. The van der Waals surface area contributed by atoms with Gasteiger partial charge < -0.3 is 0 Å². The average molecular weight is 217 g/mol. The average Bonchev–Trinajstić information content (AvgIpc) is 2.03. The van der Waals surface area contributed by atoms with E-state index in [1.165, 1.54) is 0 Å². The smallest absolute Gasteiger partial charge is 0.296 e. The Morgan fingerprint density at radius 2 is 2.27 bits per heavy atom. The molecule has 11 heavy (non-hydrogen) atoms. The summed E-state index contributed by atoms with van der Waals surface area (Å²) in [5, 5.41) is 8.01. The molecule has 0 bridgehead atoms. The minimum atomic E-state index is -0.758. The maximum atomic E-state index is 10.7. The maximum Gasteiger partial charge on any atom is 0.372 e. The molecule has 0 fully saturated rings. The highest BCUT2D eigenvalue weighted by atomic mass is 79.9. The van der Waals surface area contributed by atoms with Crippen molar-refractivity contribution in [3.8, 4) is 0 Å². The Labute approximate surface area is 71.7 Å². The van der Waals surface area contributed by atoms with Crippen molar-refractivity contribution in [2.75, 3.05) is 0 Å². The summed E-state index contributed by atoms with van der Waals surface area (Å²) in [6, 6.07) is 6.55. The van der Waals surface area contributed by atoms with Gasteiger partial charge >= 0.3 is 5.97 Å². The fraction of sp³-hybridized carbons (Fsp3) is 0. The van der Waals surface area contributed by atoms with Crippen LogP contribution in [0.3, 0.4) is 0 Å². The van der Waals surface area contributed by atoms with Crippen molar-refractivity contribution in [3.63, 3.8) is 0 Å². The van der Waals surface area contributed by atoms with Gasteiger partial charge in [0.25, 0.3) is 0 Å². The van der Waals surface area contributed by atoms with Crippen LogP contribution in [-0.4, -0.2) is 11.2 Å². The minimum Gasteiger partial charge on any atom is -0.296 e. The number of carbonyl (C=O) groups excluding carboxylic acids is 1. The Morgan fingerprint density at radius 3 is 2.82 bits per heavy atom. The quantitative estimate of drug-likeness (QED) is 0.578. The lowest BCUT2D eigenvalue weighted by molar-refractivity contribution is -0.182. The third-order valence-electron chi connectivity index (χ3n) is 1.14.